The molecule has 126 valence electrons. The van der Waals surface area contributed by atoms with E-state index in [1.807, 2.05) is 0 Å². The van der Waals surface area contributed by atoms with Crippen molar-refractivity contribution in [3.63, 3.8) is 0 Å². The lowest BCUT2D eigenvalue weighted by atomic mass is 9.81. The minimum atomic E-state index is -1.09. The number of hydrogen-bond donors (Lipinski definition) is 2. The fraction of sp³-hybridized carbons (Fsp3) is 0.200. The van der Waals surface area contributed by atoms with Crippen molar-refractivity contribution < 1.29 is 19.8 Å². The molecule has 0 saturated heterocycles. The number of benzene rings is 1. The molecule has 0 spiro atoms. The zero-order valence-electron chi connectivity index (χ0n) is 13.7. The van der Waals surface area contributed by atoms with Crippen LogP contribution in [0, 0.1) is 0 Å². The van der Waals surface area contributed by atoms with Gasteiger partial charge in [-0.25, -0.2) is 9.59 Å². The first kappa shape index (κ1) is 19.2. The van der Waals surface area contributed by atoms with E-state index < -0.39 is 11.9 Å². The first-order valence-electron chi connectivity index (χ1n) is 7.54. The molecule has 0 aliphatic carbocycles. The van der Waals surface area contributed by atoms with E-state index in [4.69, 9.17) is 0 Å². The topological polar surface area (TPSA) is 74.6 Å². The van der Waals surface area contributed by atoms with Gasteiger partial charge in [-0.2, -0.15) is 0 Å². The molecular formula is C20H22O4. The van der Waals surface area contributed by atoms with Gasteiger partial charge in [0.2, 0.25) is 0 Å². The number of aromatic carboxylic acids is 2. The molecule has 0 aromatic heterocycles. The quantitative estimate of drug-likeness (QED) is 0.637. The molecule has 0 unspecified atom stereocenters. The Labute approximate surface area is 142 Å². The first-order chi connectivity index (χ1) is 11.4. The van der Waals surface area contributed by atoms with Gasteiger partial charge in [-0.15, -0.1) is 26.3 Å². The summed E-state index contributed by atoms with van der Waals surface area (Å²) in [4.78, 5) is 23.8. The van der Waals surface area contributed by atoms with Gasteiger partial charge in [0.15, 0.2) is 0 Å². The largest absolute Gasteiger partial charge is 0.478 e. The van der Waals surface area contributed by atoms with Crippen molar-refractivity contribution in [3.8, 4) is 0 Å². The van der Waals surface area contributed by atoms with Crippen molar-refractivity contribution in [2.24, 2.45) is 0 Å². The van der Waals surface area contributed by atoms with Gasteiger partial charge in [0.25, 0.3) is 0 Å². The molecule has 2 N–H and O–H groups in total. The Bertz CT molecular complexity index is 605. The molecule has 0 aliphatic heterocycles. The average Bonchev–Trinajstić information content (AvgIpc) is 2.51. The van der Waals surface area contributed by atoms with E-state index >= 15 is 0 Å². The van der Waals surface area contributed by atoms with Crippen LogP contribution in [0.25, 0.3) is 0 Å². The van der Waals surface area contributed by atoms with E-state index in [-0.39, 0.29) is 36.8 Å². The van der Waals surface area contributed by atoms with Gasteiger partial charge in [0.1, 0.15) is 0 Å². The predicted octanol–water partition coefficient (Wildman–Crippen LogP) is 4.00. The number of rotatable bonds is 10. The lowest BCUT2D eigenvalue weighted by Gasteiger charge is -2.22. The molecule has 0 aliphatic rings. The molecule has 1 aromatic rings. The molecule has 0 radical (unpaired) electrons. The minimum Gasteiger partial charge on any atom is -0.478 e. The maximum absolute atomic E-state index is 11.9. The van der Waals surface area contributed by atoms with Crippen molar-refractivity contribution >= 4 is 11.9 Å². The number of carboxylic acid groups (broad SMARTS) is 2. The van der Waals surface area contributed by atoms with Crippen molar-refractivity contribution in [1.82, 2.24) is 0 Å². The van der Waals surface area contributed by atoms with Crippen molar-refractivity contribution in [2.45, 2.75) is 25.7 Å². The number of hydrogen-bond acceptors (Lipinski definition) is 2. The third-order valence-corrected chi connectivity index (χ3v) is 3.76. The van der Waals surface area contributed by atoms with Gasteiger partial charge >= 0.3 is 11.9 Å². The maximum Gasteiger partial charge on any atom is 0.336 e. The lowest BCUT2D eigenvalue weighted by Crippen LogP contribution is -2.19. The van der Waals surface area contributed by atoms with Crippen LogP contribution in [0.4, 0.5) is 0 Å². The van der Waals surface area contributed by atoms with Crippen LogP contribution in [-0.4, -0.2) is 22.2 Å². The zero-order chi connectivity index (χ0) is 18.3. The second-order valence-corrected chi connectivity index (χ2v) is 5.25. The van der Waals surface area contributed by atoms with Gasteiger partial charge in [0, 0.05) is 0 Å². The molecule has 4 nitrogen and oxygen atoms in total. The monoisotopic (exact) mass is 326 g/mol. The van der Waals surface area contributed by atoms with Crippen LogP contribution in [0.15, 0.2) is 50.6 Å². The zero-order valence-corrected chi connectivity index (χ0v) is 13.7. The third kappa shape index (κ3) is 3.71. The molecule has 0 amide bonds. The molecular weight excluding hydrogens is 304 g/mol. The van der Waals surface area contributed by atoms with Gasteiger partial charge in [0.05, 0.1) is 11.1 Å². The molecule has 0 heterocycles. The Balaban J connectivity index is 4.11. The predicted molar refractivity (Wildman–Crippen MR) is 96.0 cm³/mol. The van der Waals surface area contributed by atoms with Crippen LogP contribution in [0.1, 0.15) is 43.0 Å². The van der Waals surface area contributed by atoms with Gasteiger partial charge in [-0.05, 0) is 47.9 Å². The number of carbonyl (C=O) groups is 2. The Kier molecular flexibility index (Phi) is 6.93. The Morgan fingerprint density at radius 2 is 0.833 bits per heavy atom. The van der Waals surface area contributed by atoms with Crippen LogP contribution in [0.5, 0.6) is 0 Å². The highest BCUT2D eigenvalue weighted by Crippen LogP contribution is 2.32. The fourth-order valence-electron chi connectivity index (χ4n) is 2.96. The van der Waals surface area contributed by atoms with Gasteiger partial charge < -0.3 is 10.2 Å². The van der Waals surface area contributed by atoms with Crippen LogP contribution < -0.4 is 0 Å². The standard InChI is InChI=1S/C20H22O4/c1-5-9-13-14(10-6-2)18(20(23)24)16(12-8-4)15(11-7-3)17(13)19(21)22/h5-8H,1-4,9-12H2,(H,21,22)(H,23,24). The third-order valence-electron chi connectivity index (χ3n) is 3.76. The Morgan fingerprint density at radius 3 is 0.958 bits per heavy atom. The van der Waals surface area contributed by atoms with E-state index in [0.29, 0.717) is 22.3 Å². The van der Waals surface area contributed by atoms with E-state index in [0.717, 1.165) is 0 Å². The van der Waals surface area contributed by atoms with Crippen LogP contribution in [0.2, 0.25) is 0 Å². The normalized spacial score (nSPS) is 10.0. The average molecular weight is 326 g/mol. The summed E-state index contributed by atoms with van der Waals surface area (Å²) < 4.78 is 0. The second kappa shape index (κ2) is 8.67. The van der Waals surface area contributed by atoms with E-state index in [1.54, 1.807) is 24.3 Å². The molecule has 0 saturated carbocycles. The minimum absolute atomic E-state index is 0.133. The van der Waals surface area contributed by atoms with Crippen LogP contribution in [-0.2, 0) is 25.7 Å². The highest BCUT2D eigenvalue weighted by atomic mass is 16.4. The summed E-state index contributed by atoms with van der Waals surface area (Å²) >= 11 is 0. The first-order valence-corrected chi connectivity index (χ1v) is 7.54. The molecule has 1 rings (SSSR count). The van der Waals surface area contributed by atoms with Crippen molar-refractivity contribution in [2.75, 3.05) is 0 Å². The smallest absolute Gasteiger partial charge is 0.336 e. The SMILES string of the molecule is C=CCc1c(CC=C)c(C(=O)O)c(CC=C)c(CC=C)c1C(=O)O. The number of carboxylic acids is 2. The van der Waals surface area contributed by atoms with E-state index in [2.05, 4.69) is 26.3 Å². The second-order valence-electron chi connectivity index (χ2n) is 5.25. The molecule has 0 atom stereocenters. The Morgan fingerprint density at radius 1 is 0.625 bits per heavy atom. The number of allylic oxidation sites excluding steroid dienone is 4. The van der Waals surface area contributed by atoms with Crippen molar-refractivity contribution in [3.05, 3.63) is 84.0 Å². The molecule has 0 fully saturated rings. The molecule has 24 heavy (non-hydrogen) atoms. The highest BCUT2D eigenvalue weighted by molar-refractivity contribution is 5.98. The van der Waals surface area contributed by atoms with Gasteiger partial charge in [-0.1, -0.05) is 24.3 Å². The highest BCUT2D eigenvalue weighted by Gasteiger charge is 2.27. The lowest BCUT2D eigenvalue weighted by molar-refractivity contribution is 0.0677. The summed E-state index contributed by atoms with van der Waals surface area (Å²) in [5, 5.41) is 19.5. The Hall–Kier alpha value is -2.88. The summed E-state index contributed by atoms with van der Waals surface area (Å²) in [5.41, 5.74) is 2.15. The van der Waals surface area contributed by atoms with Crippen molar-refractivity contribution in [1.29, 1.82) is 0 Å². The van der Waals surface area contributed by atoms with E-state index in [1.165, 1.54) is 0 Å². The molecule has 1 aromatic carbocycles. The summed E-state index contributed by atoms with van der Waals surface area (Å²) in [6, 6.07) is 0. The summed E-state index contributed by atoms with van der Waals surface area (Å²) in [7, 11) is 0. The fourth-order valence-corrected chi connectivity index (χ4v) is 2.96. The van der Waals surface area contributed by atoms with Gasteiger partial charge in [-0.3, -0.25) is 0 Å². The van der Waals surface area contributed by atoms with Crippen LogP contribution in [0.3, 0.4) is 0 Å². The summed E-state index contributed by atoms with van der Waals surface area (Å²) in [6.45, 7) is 14.7. The summed E-state index contributed by atoms with van der Waals surface area (Å²) in [5.74, 6) is -2.17. The van der Waals surface area contributed by atoms with Crippen LogP contribution >= 0.6 is 0 Å². The summed E-state index contributed by atoms with van der Waals surface area (Å²) in [6.07, 6.45) is 7.37. The molecule has 0 bridgehead atoms. The van der Waals surface area contributed by atoms with E-state index in [9.17, 15) is 19.8 Å². The molecule has 4 heteroatoms. The maximum atomic E-state index is 11.9.